The van der Waals surface area contributed by atoms with Gasteiger partial charge >= 0.3 is 0 Å². The lowest BCUT2D eigenvalue weighted by atomic mass is 10.2. The number of hydrogen-bond acceptors (Lipinski definition) is 3. The Bertz CT molecular complexity index is 681. The molecule has 0 heterocycles. The average Bonchev–Trinajstić information content (AvgIpc) is 2.41. The van der Waals surface area contributed by atoms with Crippen molar-refractivity contribution in [3.63, 3.8) is 0 Å². The van der Waals surface area contributed by atoms with Gasteiger partial charge in [-0.15, -0.1) is 0 Å². The van der Waals surface area contributed by atoms with Crippen LogP contribution in [-0.2, 0) is 15.6 Å². The SMILES string of the molecule is Cc1ccc(S(=O)CC(=O)Nc2ccc(N)cc2)c(C)c1. The zero-order valence-electron chi connectivity index (χ0n) is 12.1. The summed E-state index contributed by atoms with van der Waals surface area (Å²) in [4.78, 5) is 12.6. The van der Waals surface area contributed by atoms with Crippen molar-refractivity contribution in [1.82, 2.24) is 0 Å². The van der Waals surface area contributed by atoms with Gasteiger partial charge in [-0.1, -0.05) is 17.7 Å². The molecule has 0 aliphatic rings. The van der Waals surface area contributed by atoms with Gasteiger partial charge in [0.2, 0.25) is 5.91 Å². The van der Waals surface area contributed by atoms with Crippen LogP contribution in [0.2, 0.25) is 0 Å². The van der Waals surface area contributed by atoms with Gasteiger partial charge in [-0.25, -0.2) is 0 Å². The highest BCUT2D eigenvalue weighted by Crippen LogP contribution is 2.16. The molecule has 1 atom stereocenters. The van der Waals surface area contributed by atoms with E-state index >= 15 is 0 Å². The highest BCUT2D eigenvalue weighted by molar-refractivity contribution is 7.85. The quantitative estimate of drug-likeness (QED) is 0.853. The van der Waals surface area contributed by atoms with Gasteiger partial charge in [0.05, 0.1) is 10.8 Å². The van der Waals surface area contributed by atoms with Crippen molar-refractivity contribution in [2.45, 2.75) is 18.7 Å². The van der Waals surface area contributed by atoms with Gasteiger partial charge in [-0.05, 0) is 49.7 Å². The molecule has 1 unspecified atom stereocenters. The zero-order valence-corrected chi connectivity index (χ0v) is 12.9. The molecule has 0 radical (unpaired) electrons. The first-order valence-electron chi connectivity index (χ1n) is 6.57. The smallest absolute Gasteiger partial charge is 0.237 e. The van der Waals surface area contributed by atoms with Gasteiger partial charge in [0.25, 0.3) is 0 Å². The number of nitrogens with one attached hydrogen (secondary N) is 1. The summed E-state index contributed by atoms with van der Waals surface area (Å²) in [6, 6.07) is 12.5. The van der Waals surface area contributed by atoms with Crippen molar-refractivity contribution >= 4 is 28.1 Å². The minimum absolute atomic E-state index is 0.0612. The fraction of sp³-hybridized carbons (Fsp3) is 0.188. The fourth-order valence-electron chi connectivity index (χ4n) is 2.02. The molecular weight excluding hydrogens is 284 g/mol. The molecule has 5 heteroatoms. The first kappa shape index (κ1) is 15.3. The van der Waals surface area contributed by atoms with Crippen LogP contribution in [0.5, 0.6) is 0 Å². The molecule has 2 aromatic rings. The van der Waals surface area contributed by atoms with Gasteiger partial charge in [0.1, 0.15) is 5.75 Å². The molecule has 0 bridgehead atoms. The maximum absolute atomic E-state index is 12.3. The van der Waals surface area contributed by atoms with E-state index in [1.165, 1.54) is 0 Å². The van der Waals surface area contributed by atoms with Crippen LogP contribution in [0.3, 0.4) is 0 Å². The van der Waals surface area contributed by atoms with Crippen molar-refractivity contribution in [1.29, 1.82) is 0 Å². The summed E-state index contributed by atoms with van der Waals surface area (Å²) in [5, 5.41) is 2.71. The first-order chi connectivity index (χ1) is 9.95. The molecule has 2 rings (SSSR count). The van der Waals surface area contributed by atoms with Crippen molar-refractivity contribution in [2.75, 3.05) is 16.8 Å². The summed E-state index contributed by atoms with van der Waals surface area (Å²) in [5.74, 6) is -0.341. The fourth-order valence-corrected chi connectivity index (χ4v) is 3.12. The Hall–Kier alpha value is -2.14. The molecule has 1 amide bonds. The summed E-state index contributed by atoms with van der Waals surface area (Å²) in [6.07, 6.45) is 0. The number of carbonyl (C=O) groups excluding carboxylic acids is 1. The van der Waals surface area contributed by atoms with E-state index in [1.54, 1.807) is 24.3 Å². The van der Waals surface area contributed by atoms with E-state index < -0.39 is 10.8 Å². The first-order valence-corrected chi connectivity index (χ1v) is 7.88. The van der Waals surface area contributed by atoms with Gasteiger partial charge in [-0.3, -0.25) is 9.00 Å². The lowest BCUT2D eigenvalue weighted by Crippen LogP contribution is -2.19. The number of nitrogens with two attached hydrogens (primary N) is 1. The molecule has 0 aliphatic heterocycles. The number of benzene rings is 2. The third kappa shape index (κ3) is 4.16. The van der Waals surface area contributed by atoms with Gasteiger partial charge in [0.15, 0.2) is 0 Å². The molecule has 0 saturated heterocycles. The molecule has 0 spiro atoms. The van der Waals surface area contributed by atoms with E-state index in [4.69, 9.17) is 5.73 Å². The monoisotopic (exact) mass is 302 g/mol. The molecule has 4 nitrogen and oxygen atoms in total. The predicted octanol–water partition coefficient (Wildman–Crippen LogP) is 2.63. The van der Waals surface area contributed by atoms with Gasteiger partial charge in [-0.2, -0.15) is 0 Å². The standard InChI is InChI=1S/C16H18N2O2S/c1-11-3-8-15(12(2)9-11)21(20)10-16(19)18-14-6-4-13(17)5-7-14/h3-9H,10,17H2,1-2H3,(H,18,19). The molecule has 0 fully saturated rings. The normalized spacial score (nSPS) is 11.9. The summed E-state index contributed by atoms with van der Waals surface area (Å²) in [5.41, 5.74) is 8.91. The van der Waals surface area contributed by atoms with E-state index in [-0.39, 0.29) is 11.7 Å². The van der Waals surface area contributed by atoms with Gasteiger partial charge < -0.3 is 11.1 Å². The van der Waals surface area contributed by atoms with Crippen molar-refractivity contribution in [3.8, 4) is 0 Å². The largest absolute Gasteiger partial charge is 0.399 e. The number of hydrogen-bond donors (Lipinski definition) is 2. The second-order valence-corrected chi connectivity index (χ2v) is 6.35. The predicted molar refractivity (Wildman–Crippen MR) is 86.7 cm³/mol. The number of anilines is 2. The second kappa shape index (κ2) is 6.54. The highest BCUT2D eigenvalue weighted by atomic mass is 32.2. The van der Waals surface area contributed by atoms with E-state index in [9.17, 15) is 9.00 Å². The topological polar surface area (TPSA) is 72.2 Å². The molecular formula is C16H18N2O2S. The summed E-state index contributed by atoms with van der Waals surface area (Å²) in [7, 11) is -1.35. The van der Waals surface area contributed by atoms with E-state index in [0.29, 0.717) is 16.3 Å². The Morgan fingerprint density at radius 2 is 1.81 bits per heavy atom. The highest BCUT2D eigenvalue weighted by Gasteiger charge is 2.12. The molecule has 0 aliphatic carbocycles. The number of amides is 1. The Balaban J connectivity index is 2.02. The van der Waals surface area contributed by atoms with E-state index in [0.717, 1.165) is 11.1 Å². The van der Waals surface area contributed by atoms with Crippen LogP contribution in [0, 0.1) is 13.8 Å². The second-order valence-electron chi connectivity index (χ2n) is 4.93. The Labute approximate surface area is 126 Å². The van der Waals surface area contributed by atoms with Crippen LogP contribution in [-0.4, -0.2) is 15.9 Å². The molecule has 110 valence electrons. The summed E-state index contributed by atoms with van der Waals surface area (Å²) >= 11 is 0. The van der Waals surface area contributed by atoms with Crippen molar-refractivity contribution in [2.24, 2.45) is 0 Å². The lowest BCUT2D eigenvalue weighted by Gasteiger charge is -2.08. The number of rotatable bonds is 4. The Morgan fingerprint density at radius 1 is 1.14 bits per heavy atom. The maximum atomic E-state index is 12.3. The minimum Gasteiger partial charge on any atom is -0.399 e. The maximum Gasteiger partial charge on any atom is 0.237 e. The summed E-state index contributed by atoms with van der Waals surface area (Å²) in [6.45, 7) is 3.88. The van der Waals surface area contributed by atoms with Gasteiger partial charge in [0, 0.05) is 16.3 Å². The number of nitrogen functional groups attached to an aromatic ring is 1. The lowest BCUT2D eigenvalue weighted by molar-refractivity contribution is -0.113. The zero-order chi connectivity index (χ0) is 15.4. The molecule has 21 heavy (non-hydrogen) atoms. The third-order valence-electron chi connectivity index (χ3n) is 3.03. The van der Waals surface area contributed by atoms with Crippen molar-refractivity contribution < 1.29 is 9.00 Å². The Morgan fingerprint density at radius 3 is 2.43 bits per heavy atom. The molecule has 3 N–H and O–H groups in total. The average molecular weight is 302 g/mol. The Kier molecular flexibility index (Phi) is 4.75. The van der Waals surface area contributed by atoms with E-state index in [2.05, 4.69) is 5.32 Å². The molecule has 2 aromatic carbocycles. The third-order valence-corrected chi connectivity index (χ3v) is 4.51. The number of aryl methyl sites for hydroxylation is 2. The number of carbonyl (C=O) groups is 1. The van der Waals surface area contributed by atoms with Crippen LogP contribution in [0.25, 0.3) is 0 Å². The molecule has 0 saturated carbocycles. The van der Waals surface area contributed by atoms with Crippen LogP contribution in [0.15, 0.2) is 47.4 Å². The van der Waals surface area contributed by atoms with Crippen LogP contribution in [0.1, 0.15) is 11.1 Å². The van der Waals surface area contributed by atoms with Crippen LogP contribution >= 0.6 is 0 Å². The minimum atomic E-state index is -1.35. The summed E-state index contributed by atoms with van der Waals surface area (Å²) < 4.78 is 12.3. The van der Waals surface area contributed by atoms with Crippen molar-refractivity contribution in [3.05, 3.63) is 53.6 Å². The van der Waals surface area contributed by atoms with E-state index in [1.807, 2.05) is 32.0 Å². The van der Waals surface area contributed by atoms with Crippen LogP contribution in [0.4, 0.5) is 11.4 Å². The molecule has 0 aromatic heterocycles. The van der Waals surface area contributed by atoms with Crippen LogP contribution < -0.4 is 11.1 Å².